The van der Waals surface area contributed by atoms with Gasteiger partial charge in [-0.2, -0.15) is 0 Å². The Morgan fingerprint density at radius 2 is 1.66 bits per heavy atom. The van der Waals surface area contributed by atoms with E-state index in [9.17, 15) is 16.8 Å². The van der Waals surface area contributed by atoms with Gasteiger partial charge in [0, 0.05) is 0 Å². The first kappa shape index (κ1) is 20.9. The topological polar surface area (TPSA) is 115 Å². The molecule has 2 N–H and O–H groups in total. The zero-order valence-corrected chi connectivity index (χ0v) is 17.2. The van der Waals surface area contributed by atoms with E-state index < -0.39 is 20.0 Å². The van der Waals surface area contributed by atoms with E-state index in [2.05, 4.69) is 9.44 Å². The quantitative estimate of drug-likeness (QED) is 0.533. The number of hydrogen-bond donors (Lipinski definition) is 2. The van der Waals surface area contributed by atoms with Gasteiger partial charge in [0.1, 0.15) is 11.5 Å². The van der Waals surface area contributed by atoms with Gasteiger partial charge in [0.2, 0.25) is 10.0 Å². The normalized spacial score (nSPS) is 11.9. The van der Waals surface area contributed by atoms with Gasteiger partial charge in [-0.05, 0) is 61.5 Å². The molecule has 3 aromatic rings. The van der Waals surface area contributed by atoms with E-state index in [1.165, 1.54) is 42.7 Å². The van der Waals surface area contributed by atoms with Crippen LogP contribution < -0.4 is 14.2 Å². The maximum atomic E-state index is 12.6. The summed E-state index contributed by atoms with van der Waals surface area (Å²) < 4.78 is 65.3. The number of sulfonamides is 2. The molecule has 10 heteroatoms. The lowest BCUT2D eigenvalue weighted by Gasteiger charge is -2.11. The van der Waals surface area contributed by atoms with Crippen LogP contribution >= 0.6 is 0 Å². The molecule has 0 aliphatic heterocycles. The minimum Gasteiger partial charge on any atom is -0.494 e. The average molecular weight is 437 g/mol. The Labute approximate surface area is 169 Å². The third-order valence-electron chi connectivity index (χ3n) is 3.86. The van der Waals surface area contributed by atoms with Crippen LogP contribution in [0.15, 0.2) is 81.1 Å². The molecule has 0 spiro atoms. The lowest BCUT2D eigenvalue weighted by Crippen LogP contribution is -2.23. The highest BCUT2D eigenvalue weighted by Crippen LogP contribution is 2.21. The van der Waals surface area contributed by atoms with Crippen molar-refractivity contribution in [1.29, 1.82) is 0 Å². The van der Waals surface area contributed by atoms with Crippen LogP contribution in [0, 0.1) is 0 Å². The van der Waals surface area contributed by atoms with Gasteiger partial charge in [0.05, 0.1) is 34.9 Å². The molecule has 29 heavy (non-hydrogen) atoms. The number of nitrogens with one attached hydrogen (secondary N) is 2. The highest BCUT2D eigenvalue weighted by atomic mass is 32.2. The first-order valence-corrected chi connectivity index (χ1v) is 11.6. The fourth-order valence-electron chi connectivity index (χ4n) is 2.49. The standard InChI is InChI=1S/C19H20N2O6S2/c1-2-26-16-8-10-18(11-9-16)29(24,25)21-15-5-3-7-19(13-15)28(22,23)20-14-17-6-4-12-27-17/h3-13,20-21H,2,14H2,1H3. The van der Waals surface area contributed by atoms with Crippen molar-refractivity contribution in [2.24, 2.45) is 0 Å². The SMILES string of the molecule is CCOc1ccc(S(=O)(=O)Nc2cccc(S(=O)(=O)NCc3ccco3)c2)cc1. The number of rotatable bonds is 9. The molecule has 0 fully saturated rings. The van der Waals surface area contributed by atoms with Crippen LogP contribution in [0.1, 0.15) is 12.7 Å². The van der Waals surface area contributed by atoms with Crippen molar-refractivity contribution in [3.63, 3.8) is 0 Å². The number of benzene rings is 2. The molecule has 0 radical (unpaired) electrons. The number of hydrogen-bond acceptors (Lipinski definition) is 6. The van der Waals surface area contributed by atoms with Gasteiger partial charge in [-0.15, -0.1) is 0 Å². The van der Waals surface area contributed by atoms with Gasteiger partial charge in [0.25, 0.3) is 10.0 Å². The van der Waals surface area contributed by atoms with Crippen LogP contribution in [0.4, 0.5) is 5.69 Å². The van der Waals surface area contributed by atoms with E-state index in [-0.39, 0.29) is 22.0 Å². The minimum absolute atomic E-state index is 0.0164. The van der Waals surface area contributed by atoms with Crippen molar-refractivity contribution < 1.29 is 26.0 Å². The monoisotopic (exact) mass is 436 g/mol. The van der Waals surface area contributed by atoms with Gasteiger partial charge >= 0.3 is 0 Å². The molecule has 8 nitrogen and oxygen atoms in total. The van der Waals surface area contributed by atoms with Crippen LogP contribution in [0.25, 0.3) is 0 Å². The molecule has 0 atom stereocenters. The van der Waals surface area contributed by atoms with Gasteiger partial charge in [-0.3, -0.25) is 4.72 Å². The smallest absolute Gasteiger partial charge is 0.261 e. The Morgan fingerprint density at radius 3 is 2.31 bits per heavy atom. The van der Waals surface area contributed by atoms with Crippen LogP contribution in [-0.4, -0.2) is 23.4 Å². The van der Waals surface area contributed by atoms with Gasteiger partial charge in [-0.1, -0.05) is 6.07 Å². The molecule has 0 saturated carbocycles. The lowest BCUT2D eigenvalue weighted by atomic mass is 10.3. The molecule has 0 aliphatic carbocycles. The van der Waals surface area contributed by atoms with Crippen molar-refractivity contribution in [2.75, 3.05) is 11.3 Å². The highest BCUT2D eigenvalue weighted by Gasteiger charge is 2.18. The molecule has 3 rings (SSSR count). The molecule has 0 saturated heterocycles. The summed E-state index contributed by atoms with van der Waals surface area (Å²) in [5.41, 5.74) is 0.125. The molecule has 0 aliphatic rings. The Hall–Kier alpha value is -2.82. The Kier molecular flexibility index (Phi) is 6.26. The zero-order valence-electron chi connectivity index (χ0n) is 15.5. The van der Waals surface area contributed by atoms with Crippen LogP contribution in [-0.2, 0) is 26.6 Å². The van der Waals surface area contributed by atoms with Crippen molar-refractivity contribution in [2.45, 2.75) is 23.3 Å². The van der Waals surface area contributed by atoms with Crippen molar-refractivity contribution in [3.05, 3.63) is 72.7 Å². The second-order valence-electron chi connectivity index (χ2n) is 5.94. The van der Waals surface area contributed by atoms with E-state index in [1.807, 2.05) is 6.92 Å². The maximum Gasteiger partial charge on any atom is 0.261 e. The highest BCUT2D eigenvalue weighted by molar-refractivity contribution is 7.92. The summed E-state index contributed by atoms with van der Waals surface area (Å²) in [5, 5.41) is 0. The van der Waals surface area contributed by atoms with Gasteiger partial charge in [0.15, 0.2) is 0 Å². The predicted octanol–water partition coefficient (Wildman–Crippen LogP) is 2.96. The maximum absolute atomic E-state index is 12.6. The molecule has 0 amide bonds. The largest absolute Gasteiger partial charge is 0.494 e. The molecule has 2 aromatic carbocycles. The first-order chi connectivity index (χ1) is 13.8. The lowest BCUT2D eigenvalue weighted by molar-refractivity contribution is 0.340. The molecule has 154 valence electrons. The molecule has 1 heterocycles. The summed E-state index contributed by atoms with van der Waals surface area (Å²) in [6, 6.07) is 14.8. The summed E-state index contributed by atoms with van der Waals surface area (Å²) in [6.45, 7) is 2.29. The molecule has 0 bridgehead atoms. The van der Waals surface area contributed by atoms with Crippen LogP contribution in [0.5, 0.6) is 5.75 Å². The van der Waals surface area contributed by atoms with Crippen molar-refractivity contribution >= 4 is 25.7 Å². The van der Waals surface area contributed by atoms with Crippen LogP contribution in [0.2, 0.25) is 0 Å². The Balaban J connectivity index is 1.76. The van der Waals surface area contributed by atoms with Crippen molar-refractivity contribution in [1.82, 2.24) is 4.72 Å². The third kappa shape index (κ3) is 5.37. The third-order valence-corrected chi connectivity index (χ3v) is 6.65. The fraction of sp³-hybridized carbons (Fsp3) is 0.158. The second kappa shape index (κ2) is 8.68. The summed E-state index contributed by atoms with van der Waals surface area (Å²) in [5.74, 6) is 1.02. The van der Waals surface area contributed by atoms with E-state index in [1.54, 1.807) is 24.3 Å². The second-order valence-corrected chi connectivity index (χ2v) is 9.39. The van der Waals surface area contributed by atoms with E-state index in [0.29, 0.717) is 18.1 Å². The van der Waals surface area contributed by atoms with E-state index in [4.69, 9.17) is 9.15 Å². The summed E-state index contributed by atoms with van der Waals surface area (Å²) in [6.07, 6.45) is 1.44. The molecule has 0 unspecified atom stereocenters. The Morgan fingerprint density at radius 1 is 0.897 bits per heavy atom. The summed E-state index contributed by atoms with van der Waals surface area (Å²) in [4.78, 5) is -0.0406. The van der Waals surface area contributed by atoms with E-state index >= 15 is 0 Å². The van der Waals surface area contributed by atoms with Gasteiger partial charge < -0.3 is 9.15 Å². The van der Waals surface area contributed by atoms with Gasteiger partial charge in [-0.25, -0.2) is 21.6 Å². The average Bonchev–Trinajstić information content (AvgIpc) is 3.21. The Bertz CT molecular complexity index is 1160. The molecular weight excluding hydrogens is 416 g/mol. The number of ether oxygens (including phenoxy) is 1. The molecule has 1 aromatic heterocycles. The fourth-order valence-corrected chi connectivity index (χ4v) is 4.57. The minimum atomic E-state index is -3.89. The van der Waals surface area contributed by atoms with Crippen LogP contribution in [0.3, 0.4) is 0 Å². The van der Waals surface area contributed by atoms with E-state index in [0.717, 1.165) is 0 Å². The van der Waals surface area contributed by atoms with Crippen molar-refractivity contribution in [3.8, 4) is 5.75 Å². The summed E-state index contributed by atoms with van der Waals surface area (Å²) >= 11 is 0. The summed E-state index contributed by atoms with van der Waals surface area (Å²) in [7, 11) is -7.74. The number of furan rings is 1. The molecular formula is C19H20N2O6S2. The zero-order chi connectivity index (χ0) is 20.9. The number of anilines is 1. The first-order valence-electron chi connectivity index (χ1n) is 8.68. The predicted molar refractivity (Wildman–Crippen MR) is 108 cm³/mol.